The van der Waals surface area contributed by atoms with Gasteiger partial charge in [0.1, 0.15) is 10.1 Å². The predicted molar refractivity (Wildman–Crippen MR) is 69.6 cm³/mol. The van der Waals surface area contributed by atoms with Crippen LogP contribution in [0.5, 0.6) is 0 Å². The monoisotopic (exact) mass is 298 g/mol. The van der Waals surface area contributed by atoms with E-state index in [1.165, 1.54) is 11.3 Å². The Balaban J connectivity index is 2.44. The quantitative estimate of drug-likeness (QED) is 0.884. The van der Waals surface area contributed by atoms with E-state index in [0.717, 1.165) is 20.9 Å². The first-order valence-corrected chi connectivity index (χ1v) is 6.52. The van der Waals surface area contributed by atoms with Crippen molar-refractivity contribution >= 4 is 33.0 Å². The largest absolute Gasteiger partial charge is 0.382 e. The van der Waals surface area contributed by atoms with Gasteiger partial charge in [-0.15, -0.1) is 10.2 Å². The van der Waals surface area contributed by atoms with Crippen LogP contribution in [-0.4, -0.2) is 21.2 Å². The fraction of sp³-hybridized carbons (Fsp3) is 0.300. The first kappa shape index (κ1) is 11.5. The third kappa shape index (κ3) is 2.56. The summed E-state index contributed by atoms with van der Waals surface area (Å²) in [6.07, 6.45) is 1.80. The lowest BCUT2D eigenvalue weighted by atomic mass is 10.2. The van der Waals surface area contributed by atoms with Crippen LogP contribution in [0.25, 0.3) is 10.6 Å². The molecule has 1 N–H and O–H groups in total. The van der Waals surface area contributed by atoms with Gasteiger partial charge in [-0.2, -0.15) is 0 Å². The molecule has 84 valence electrons. The summed E-state index contributed by atoms with van der Waals surface area (Å²) in [5.41, 5.74) is 3.73. The number of aromatic nitrogens is 3. The van der Waals surface area contributed by atoms with Crippen LogP contribution < -0.4 is 5.32 Å². The molecule has 6 heteroatoms. The molecule has 2 aromatic heterocycles. The van der Waals surface area contributed by atoms with Crippen LogP contribution in [0.15, 0.2) is 22.4 Å². The van der Waals surface area contributed by atoms with Gasteiger partial charge in [-0.05, 0) is 35.8 Å². The molecule has 0 amide bonds. The molecule has 0 aliphatic rings. The lowest BCUT2D eigenvalue weighted by molar-refractivity contribution is 0.898. The second-order valence-electron chi connectivity index (χ2n) is 3.60. The van der Waals surface area contributed by atoms with Crippen LogP contribution in [0.1, 0.15) is 13.8 Å². The van der Waals surface area contributed by atoms with Crippen LogP contribution in [0.4, 0.5) is 5.69 Å². The van der Waals surface area contributed by atoms with Crippen LogP contribution in [-0.2, 0) is 0 Å². The van der Waals surface area contributed by atoms with Crippen LogP contribution in [0.3, 0.4) is 0 Å². The molecule has 0 radical (unpaired) electrons. The number of rotatable bonds is 3. The molecule has 0 saturated carbocycles. The molecule has 2 rings (SSSR count). The second-order valence-corrected chi connectivity index (χ2v) is 5.24. The molecule has 0 unspecified atom stereocenters. The van der Waals surface area contributed by atoms with Crippen molar-refractivity contribution < 1.29 is 0 Å². The van der Waals surface area contributed by atoms with Crippen molar-refractivity contribution in [2.45, 2.75) is 19.9 Å². The summed E-state index contributed by atoms with van der Waals surface area (Å²) in [6.45, 7) is 4.19. The van der Waals surface area contributed by atoms with Gasteiger partial charge in [0.2, 0.25) is 0 Å². The van der Waals surface area contributed by atoms with Gasteiger partial charge in [0.05, 0.1) is 5.56 Å². The van der Waals surface area contributed by atoms with Gasteiger partial charge in [0.15, 0.2) is 5.01 Å². The maximum atomic E-state index is 4.22. The molecular formula is C10H11BrN4S. The van der Waals surface area contributed by atoms with E-state index in [1.807, 2.05) is 6.07 Å². The maximum Gasteiger partial charge on any atom is 0.151 e. The van der Waals surface area contributed by atoms with Gasteiger partial charge >= 0.3 is 0 Å². The highest BCUT2D eigenvalue weighted by molar-refractivity contribution is 9.10. The molecule has 0 spiro atoms. The number of anilines is 1. The molecule has 0 fully saturated rings. The van der Waals surface area contributed by atoms with Crippen LogP contribution in [0.2, 0.25) is 0 Å². The number of nitrogens with zero attached hydrogens (tertiary/aromatic N) is 3. The Bertz CT molecular complexity index is 470. The Labute approximate surface area is 106 Å². The molecule has 0 aliphatic heterocycles. The summed E-state index contributed by atoms with van der Waals surface area (Å²) in [4.78, 5) is 4.22. The van der Waals surface area contributed by atoms with E-state index in [9.17, 15) is 0 Å². The second kappa shape index (κ2) is 4.88. The van der Waals surface area contributed by atoms with E-state index in [-0.39, 0.29) is 0 Å². The van der Waals surface area contributed by atoms with E-state index in [4.69, 9.17) is 0 Å². The molecule has 0 saturated heterocycles. The highest BCUT2D eigenvalue weighted by atomic mass is 79.9. The Hall–Kier alpha value is -1.01. The summed E-state index contributed by atoms with van der Waals surface area (Å²) in [5, 5.41) is 12.1. The lowest BCUT2D eigenvalue weighted by Crippen LogP contribution is -2.10. The first-order chi connectivity index (χ1) is 7.66. The maximum absolute atomic E-state index is 4.22. The van der Waals surface area contributed by atoms with Gasteiger partial charge in [0.25, 0.3) is 0 Å². The van der Waals surface area contributed by atoms with E-state index < -0.39 is 0 Å². The summed E-state index contributed by atoms with van der Waals surface area (Å²) in [6, 6.07) is 2.32. The number of hydrogen-bond donors (Lipinski definition) is 1. The lowest BCUT2D eigenvalue weighted by Gasteiger charge is -2.13. The standard InChI is InChI=1S/C10H11BrN4S/c1-6(2)14-8-3-9(11)12-4-7(8)10-15-13-5-16-10/h3-6H,1-2H3,(H,12,14). The van der Waals surface area contributed by atoms with Crippen molar-refractivity contribution in [2.75, 3.05) is 5.32 Å². The van der Waals surface area contributed by atoms with Gasteiger partial charge < -0.3 is 5.32 Å². The Morgan fingerprint density at radius 3 is 2.88 bits per heavy atom. The zero-order chi connectivity index (χ0) is 11.5. The van der Waals surface area contributed by atoms with Crippen molar-refractivity contribution in [3.63, 3.8) is 0 Å². The fourth-order valence-electron chi connectivity index (χ4n) is 1.32. The van der Waals surface area contributed by atoms with Crippen molar-refractivity contribution in [3.8, 4) is 10.6 Å². The third-order valence-electron chi connectivity index (χ3n) is 1.91. The zero-order valence-electron chi connectivity index (χ0n) is 8.94. The van der Waals surface area contributed by atoms with Crippen molar-refractivity contribution in [3.05, 3.63) is 22.4 Å². The summed E-state index contributed by atoms with van der Waals surface area (Å²) in [7, 11) is 0. The van der Waals surface area contributed by atoms with Crippen LogP contribution >= 0.6 is 27.3 Å². The van der Waals surface area contributed by atoms with Crippen molar-refractivity contribution in [1.29, 1.82) is 0 Å². The van der Waals surface area contributed by atoms with Gasteiger partial charge in [-0.1, -0.05) is 11.3 Å². The number of pyridine rings is 1. The predicted octanol–water partition coefficient (Wildman–Crippen LogP) is 3.18. The van der Waals surface area contributed by atoms with E-state index in [0.29, 0.717) is 6.04 Å². The molecule has 2 aromatic rings. The normalized spacial score (nSPS) is 10.8. The zero-order valence-corrected chi connectivity index (χ0v) is 11.3. The molecule has 0 atom stereocenters. The third-order valence-corrected chi connectivity index (χ3v) is 3.06. The van der Waals surface area contributed by atoms with Crippen molar-refractivity contribution in [2.24, 2.45) is 0 Å². The first-order valence-electron chi connectivity index (χ1n) is 4.85. The van der Waals surface area contributed by atoms with Crippen molar-refractivity contribution in [1.82, 2.24) is 15.2 Å². The number of nitrogens with one attached hydrogen (secondary N) is 1. The Kier molecular flexibility index (Phi) is 3.50. The van der Waals surface area contributed by atoms with Gasteiger partial charge in [-0.25, -0.2) is 4.98 Å². The molecule has 0 aromatic carbocycles. The Morgan fingerprint density at radius 1 is 1.44 bits per heavy atom. The number of halogens is 1. The van der Waals surface area contributed by atoms with Gasteiger partial charge in [-0.3, -0.25) is 0 Å². The molecule has 2 heterocycles. The molecule has 16 heavy (non-hydrogen) atoms. The highest BCUT2D eigenvalue weighted by Crippen LogP contribution is 2.30. The smallest absolute Gasteiger partial charge is 0.151 e. The SMILES string of the molecule is CC(C)Nc1cc(Br)ncc1-c1nncs1. The minimum Gasteiger partial charge on any atom is -0.382 e. The average Bonchev–Trinajstić information content (AvgIpc) is 2.69. The summed E-state index contributed by atoms with van der Waals surface area (Å²) < 4.78 is 0.809. The minimum atomic E-state index is 0.362. The minimum absolute atomic E-state index is 0.362. The summed E-state index contributed by atoms with van der Waals surface area (Å²) >= 11 is 4.87. The molecule has 0 bridgehead atoms. The molecule has 0 aliphatic carbocycles. The fourth-order valence-corrected chi connectivity index (χ4v) is 2.23. The van der Waals surface area contributed by atoms with E-state index >= 15 is 0 Å². The van der Waals surface area contributed by atoms with Crippen LogP contribution in [0, 0.1) is 0 Å². The number of hydrogen-bond acceptors (Lipinski definition) is 5. The Morgan fingerprint density at radius 2 is 2.25 bits per heavy atom. The highest BCUT2D eigenvalue weighted by Gasteiger charge is 2.10. The summed E-state index contributed by atoms with van der Waals surface area (Å²) in [5.74, 6) is 0. The van der Waals surface area contributed by atoms with E-state index in [2.05, 4.69) is 50.3 Å². The topological polar surface area (TPSA) is 50.7 Å². The average molecular weight is 299 g/mol. The molecular weight excluding hydrogens is 288 g/mol. The van der Waals surface area contributed by atoms with E-state index in [1.54, 1.807) is 11.7 Å². The van der Waals surface area contributed by atoms with Gasteiger partial charge in [0, 0.05) is 17.9 Å². The molecule has 4 nitrogen and oxygen atoms in total.